The van der Waals surface area contributed by atoms with Crippen LogP contribution in [0.15, 0.2) is 24.3 Å². The second kappa shape index (κ2) is 8.18. The van der Waals surface area contributed by atoms with Gasteiger partial charge in [-0.05, 0) is 42.9 Å². The smallest absolute Gasteiger partial charge is 0.309 e. The summed E-state index contributed by atoms with van der Waals surface area (Å²) in [6.07, 6.45) is 5.08. The minimum Gasteiger partial charge on any atom is -0.348 e. The number of hydrogen-bond donors (Lipinski definition) is 2. The minimum absolute atomic E-state index is 0.128. The minimum atomic E-state index is -0.549. The molecule has 120 valence electrons. The number of amides is 2. The van der Waals surface area contributed by atoms with Crippen molar-refractivity contribution in [3.8, 4) is 0 Å². The van der Waals surface area contributed by atoms with E-state index in [9.17, 15) is 9.59 Å². The number of hydrogen-bond acceptors (Lipinski definition) is 2. The first-order chi connectivity index (χ1) is 10.6. The van der Waals surface area contributed by atoms with Crippen molar-refractivity contribution >= 4 is 23.4 Å². The van der Waals surface area contributed by atoms with Gasteiger partial charge in [-0.25, -0.2) is 0 Å². The molecule has 0 aliphatic heterocycles. The summed E-state index contributed by atoms with van der Waals surface area (Å²) in [5, 5.41) is 6.21. The predicted octanol–water partition coefficient (Wildman–Crippen LogP) is 2.69. The molecule has 1 aliphatic rings. The van der Waals surface area contributed by atoms with Crippen molar-refractivity contribution in [2.45, 2.75) is 45.1 Å². The molecule has 2 amide bonds. The predicted molar refractivity (Wildman–Crippen MR) is 87.7 cm³/mol. The van der Waals surface area contributed by atoms with Gasteiger partial charge < -0.3 is 10.6 Å². The van der Waals surface area contributed by atoms with Gasteiger partial charge in [-0.15, -0.1) is 0 Å². The van der Waals surface area contributed by atoms with Crippen molar-refractivity contribution < 1.29 is 9.59 Å². The van der Waals surface area contributed by atoms with Gasteiger partial charge in [0.2, 0.25) is 0 Å². The molecular weight excluding hydrogens is 300 g/mol. The van der Waals surface area contributed by atoms with E-state index < -0.39 is 11.8 Å². The highest BCUT2D eigenvalue weighted by Crippen LogP contribution is 2.23. The molecular formula is C17H23ClN2O2. The first-order valence-electron chi connectivity index (χ1n) is 7.89. The van der Waals surface area contributed by atoms with Crippen LogP contribution in [0.3, 0.4) is 0 Å². The Bertz CT molecular complexity index is 516. The van der Waals surface area contributed by atoms with E-state index in [2.05, 4.69) is 17.6 Å². The zero-order chi connectivity index (χ0) is 15.9. The third-order valence-electron chi connectivity index (χ3n) is 4.25. The second-order valence-corrected chi connectivity index (χ2v) is 6.41. The number of benzene rings is 1. The molecule has 5 heteroatoms. The lowest BCUT2D eigenvalue weighted by Gasteiger charge is -2.29. The van der Waals surface area contributed by atoms with Gasteiger partial charge >= 0.3 is 11.8 Å². The molecule has 0 heterocycles. The zero-order valence-electron chi connectivity index (χ0n) is 12.9. The van der Waals surface area contributed by atoms with Gasteiger partial charge in [-0.3, -0.25) is 9.59 Å². The molecule has 0 aromatic heterocycles. The standard InChI is InChI=1S/C17H23ClN2O2/c1-12-4-2-3-5-15(12)20-17(22)16(21)19-11-10-13-6-8-14(18)9-7-13/h6-9,12,15H,2-5,10-11H2,1H3,(H,19,21)(H,20,22)/t12-,15+/m0/s1. The van der Waals surface area contributed by atoms with Crippen LogP contribution in [0.4, 0.5) is 0 Å². The Labute approximate surface area is 136 Å². The quantitative estimate of drug-likeness (QED) is 0.837. The molecule has 0 unspecified atom stereocenters. The van der Waals surface area contributed by atoms with Gasteiger partial charge in [0.15, 0.2) is 0 Å². The third-order valence-corrected chi connectivity index (χ3v) is 4.50. The molecule has 1 saturated carbocycles. The SMILES string of the molecule is C[C@H]1CCCC[C@H]1NC(=O)C(=O)NCCc1ccc(Cl)cc1. The molecule has 0 radical (unpaired) electrons. The highest BCUT2D eigenvalue weighted by atomic mass is 35.5. The van der Waals surface area contributed by atoms with Gasteiger partial charge in [-0.2, -0.15) is 0 Å². The van der Waals surface area contributed by atoms with Crippen molar-refractivity contribution in [1.82, 2.24) is 10.6 Å². The van der Waals surface area contributed by atoms with Crippen molar-refractivity contribution in [1.29, 1.82) is 0 Å². The normalized spacial score (nSPS) is 21.2. The first kappa shape index (κ1) is 16.8. The molecule has 1 aromatic rings. The fourth-order valence-electron chi connectivity index (χ4n) is 2.82. The van der Waals surface area contributed by atoms with E-state index in [0.717, 1.165) is 24.8 Å². The van der Waals surface area contributed by atoms with Gasteiger partial charge in [0, 0.05) is 17.6 Å². The van der Waals surface area contributed by atoms with Gasteiger partial charge in [-0.1, -0.05) is 43.5 Å². The number of nitrogens with one attached hydrogen (secondary N) is 2. The molecule has 2 rings (SSSR count). The summed E-state index contributed by atoms with van der Waals surface area (Å²) in [7, 11) is 0. The third kappa shape index (κ3) is 5.02. The van der Waals surface area contributed by atoms with Gasteiger partial charge in [0.05, 0.1) is 0 Å². The van der Waals surface area contributed by atoms with Crippen LogP contribution in [0.1, 0.15) is 38.2 Å². The molecule has 4 nitrogen and oxygen atoms in total. The zero-order valence-corrected chi connectivity index (χ0v) is 13.7. The van der Waals surface area contributed by atoms with Crippen molar-refractivity contribution in [2.24, 2.45) is 5.92 Å². The number of rotatable bonds is 4. The summed E-state index contributed by atoms with van der Waals surface area (Å²) in [5.74, 6) is -0.624. The maximum Gasteiger partial charge on any atom is 0.309 e. The summed E-state index contributed by atoms with van der Waals surface area (Å²) in [6.45, 7) is 2.57. The topological polar surface area (TPSA) is 58.2 Å². The molecule has 0 spiro atoms. The monoisotopic (exact) mass is 322 g/mol. The summed E-state index contributed by atoms with van der Waals surface area (Å²) >= 11 is 5.82. The molecule has 2 atom stereocenters. The van der Waals surface area contributed by atoms with E-state index in [0.29, 0.717) is 23.9 Å². The molecule has 0 saturated heterocycles. The molecule has 1 fully saturated rings. The average Bonchev–Trinajstić information content (AvgIpc) is 2.51. The first-order valence-corrected chi connectivity index (χ1v) is 8.27. The van der Waals surface area contributed by atoms with Crippen LogP contribution in [-0.2, 0) is 16.0 Å². The fourth-order valence-corrected chi connectivity index (χ4v) is 2.94. The summed E-state index contributed by atoms with van der Waals surface area (Å²) in [4.78, 5) is 23.7. The maximum atomic E-state index is 11.9. The Hall–Kier alpha value is -1.55. The Balaban J connectivity index is 1.72. The van der Waals surface area contributed by atoms with E-state index >= 15 is 0 Å². The van der Waals surface area contributed by atoms with Crippen molar-refractivity contribution in [3.05, 3.63) is 34.9 Å². The fraction of sp³-hybridized carbons (Fsp3) is 0.529. The van der Waals surface area contributed by atoms with Crippen LogP contribution in [0.25, 0.3) is 0 Å². The van der Waals surface area contributed by atoms with E-state index in [1.807, 2.05) is 24.3 Å². The van der Waals surface area contributed by atoms with Crippen LogP contribution in [-0.4, -0.2) is 24.4 Å². The van der Waals surface area contributed by atoms with Crippen LogP contribution in [0.5, 0.6) is 0 Å². The Morgan fingerprint density at radius 1 is 1.14 bits per heavy atom. The Kier molecular flexibility index (Phi) is 6.25. The largest absolute Gasteiger partial charge is 0.348 e. The highest BCUT2D eigenvalue weighted by Gasteiger charge is 2.25. The van der Waals surface area contributed by atoms with Crippen LogP contribution < -0.4 is 10.6 Å². The number of halogens is 1. The second-order valence-electron chi connectivity index (χ2n) is 5.97. The lowest BCUT2D eigenvalue weighted by Crippen LogP contribution is -2.48. The molecule has 22 heavy (non-hydrogen) atoms. The lowest BCUT2D eigenvalue weighted by molar-refractivity contribution is -0.139. The van der Waals surface area contributed by atoms with Gasteiger partial charge in [0.1, 0.15) is 0 Å². The lowest BCUT2D eigenvalue weighted by atomic mass is 9.86. The molecule has 1 aliphatic carbocycles. The summed E-state index contributed by atoms with van der Waals surface area (Å²) < 4.78 is 0. The molecule has 2 N–H and O–H groups in total. The van der Waals surface area contributed by atoms with Crippen LogP contribution in [0, 0.1) is 5.92 Å². The van der Waals surface area contributed by atoms with Crippen LogP contribution >= 0.6 is 11.6 Å². The maximum absolute atomic E-state index is 11.9. The van der Waals surface area contributed by atoms with Crippen molar-refractivity contribution in [2.75, 3.05) is 6.54 Å². The van der Waals surface area contributed by atoms with E-state index in [1.165, 1.54) is 6.42 Å². The van der Waals surface area contributed by atoms with E-state index in [-0.39, 0.29) is 6.04 Å². The molecule has 1 aromatic carbocycles. The number of carbonyl (C=O) groups excluding carboxylic acids is 2. The highest BCUT2D eigenvalue weighted by molar-refractivity contribution is 6.35. The van der Waals surface area contributed by atoms with E-state index in [4.69, 9.17) is 11.6 Å². The summed E-state index contributed by atoms with van der Waals surface area (Å²) in [6, 6.07) is 7.59. The van der Waals surface area contributed by atoms with E-state index in [1.54, 1.807) is 0 Å². The molecule has 0 bridgehead atoms. The van der Waals surface area contributed by atoms with Crippen molar-refractivity contribution in [3.63, 3.8) is 0 Å². The number of carbonyl (C=O) groups is 2. The van der Waals surface area contributed by atoms with Crippen LogP contribution in [0.2, 0.25) is 5.02 Å². The van der Waals surface area contributed by atoms with Gasteiger partial charge in [0.25, 0.3) is 0 Å². The Morgan fingerprint density at radius 2 is 1.82 bits per heavy atom. The average molecular weight is 323 g/mol. The Morgan fingerprint density at radius 3 is 2.50 bits per heavy atom. The summed E-state index contributed by atoms with van der Waals surface area (Å²) in [5.41, 5.74) is 1.08.